The topological polar surface area (TPSA) is 0 Å². The zero-order valence-electron chi connectivity index (χ0n) is 8.38. The van der Waals surface area contributed by atoms with Crippen molar-refractivity contribution in [1.82, 2.24) is 0 Å². The first-order valence-corrected chi connectivity index (χ1v) is 1.69. The molecule has 0 saturated heterocycles. The molecule has 0 N–H and O–H groups in total. The summed E-state index contributed by atoms with van der Waals surface area (Å²) in [5, 5.41) is 0. The van der Waals surface area contributed by atoms with E-state index in [0.717, 1.165) is 0 Å². The van der Waals surface area contributed by atoms with Gasteiger partial charge < -0.3 is 0 Å². The summed E-state index contributed by atoms with van der Waals surface area (Å²) in [5.41, 5.74) is 0. The van der Waals surface area contributed by atoms with Crippen molar-refractivity contribution in [1.29, 1.82) is 0 Å². The lowest BCUT2D eigenvalue weighted by Crippen LogP contribution is -1.63. The molecule has 1 aromatic carbocycles. The highest BCUT2D eigenvalue weighted by Crippen LogP contribution is 1.91. The van der Waals surface area contributed by atoms with Crippen molar-refractivity contribution in [2.45, 2.75) is 0 Å². The Hall–Kier alpha value is -0.850. The standard InChI is InChI=1S/C6H5F/c7-6-4-2-1-3-5-6/h1-5H/i1D,2D,3D,4D,5D. The summed E-state index contributed by atoms with van der Waals surface area (Å²) in [6.45, 7) is 0. The van der Waals surface area contributed by atoms with Gasteiger partial charge in [0.15, 0.2) is 0 Å². The molecule has 1 aromatic rings. The van der Waals surface area contributed by atoms with Gasteiger partial charge in [0.2, 0.25) is 0 Å². The molecule has 0 aromatic heterocycles. The maximum atomic E-state index is 12.7. The van der Waals surface area contributed by atoms with Crippen LogP contribution in [0.5, 0.6) is 0 Å². The average molecular weight is 101 g/mol. The summed E-state index contributed by atoms with van der Waals surface area (Å²) in [6, 6.07) is -3.45. The van der Waals surface area contributed by atoms with E-state index in [2.05, 4.69) is 0 Å². The van der Waals surface area contributed by atoms with Crippen molar-refractivity contribution < 1.29 is 11.2 Å². The smallest absolute Gasteiger partial charge is 0.123 e. The summed E-state index contributed by atoms with van der Waals surface area (Å²) in [6.07, 6.45) is 0. The maximum Gasteiger partial charge on any atom is 0.123 e. The van der Waals surface area contributed by atoms with Gasteiger partial charge in [0.25, 0.3) is 0 Å². The average Bonchev–Trinajstić information content (AvgIpc) is 2.08. The lowest BCUT2D eigenvalue weighted by molar-refractivity contribution is 0.628. The van der Waals surface area contributed by atoms with E-state index in [-0.39, 0.29) is 0 Å². The van der Waals surface area contributed by atoms with Gasteiger partial charge in [-0.15, -0.1) is 0 Å². The Morgan fingerprint density at radius 3 is 2.43 bits per heavy atom. The van der Waals surface area contributed by atoms with Gasteiger partial charge in [0.1, 0.15) is 5.82 Å². The third-order valence-corrected chi connectivity index (χ3v) is 0.469. The summed E-state index contributed by atoms with van der Waals surface area (Å²) in [5.74, 6) is -1.21. The highest BCUT2D eigenvalue weighted by atomic mass is 19.1. The third-order valence-electron chi connectivity index (χ3n) is 0.469. The van der Waals surface area contributed by atoms with Crippen molar-refractivity contribution in [2.24, 2.45) is 0 Å². The Kier molecular flexibility index (Phi) is 0.325. The summed E-state index contributed by atoms with van der Waals surface area (Å²) < 4.78 is 47.7. The molecule has 0 aliphatic rings. The molecule has 0 aliphatic heterocycles. The van der Waals surface area contributed by atoms with E-state index in [4.69, 9.17) is 6.85 Å². The number of halogens is 1. The number of benzene rings is 1. The summed E-state index contributed by atoms with van der Waals surface area (Å²) >= 11 is 0. The molecule has 0 unspecified atom stereocenters. The normalized spacial score (nSPS) is 18.7. The van der Waals surface area contributed by atoms with Crippen molar-refractivity contribution in [3.63, 3.8) is 0 Å². The fourth-order valence-corrected chi connectivity index (χ4v) is 0.235. The van der Waals surface area contributed by atoms with Crippen molar-refractivity contribution in [2.75, 3.05) is 0 Å². The van der Waals surface area contributed by atoms with E-state index in [9.17, 15) is 4.39 Å². The second-order valence-corrected chi connectivity index (χ2v) is 0.939. The quantitative estimate of drug-likeness (QED) is 0.467. The fourth-order valence-electron chi connectivity index (χ4n) is 0.235. The van der Waals surface area contributed by atoms with Gasteiger partial charge in [-0.2, -0.15) is 0 Å². The molecule has 0 radical (unpaired) electrons. The van der Waals surface area contributed by atoms with Gasteiger partial charge >= 0.3 is 0 Å². The monoisotopic (exact) mass is 101 g/mol. The number of hydrogen-bond donors (Lipinski definition) is 0. The van der Waals surface area contributed by atoms with Crippen LogP contribution in [0.1, 0.15) is 6.85 Å². The molecule has 0 nitrogen and oxygen atoms in total. The van der Waals surface area contributed by atoms with Crippen molar-refractivity contribution in [3.05, 3.63) is 36.0 Å². The molecule has 0 aliphatic carbocycles. The SMILES string of the molecule is [2H]c1c([2H])c([2H])c(F)c([2H])c1[2H]. The number of rotatable bonds is 0. The molecule has 0 saturated carbocycles. The van der Waals surface area contributed by atoms with Crippen LogP contribution in [0.15, 0.2) is 30.2 Å². The first kappa shape index (κ1) is 1.31. The Labute approximate surface area is 48.6 Å². The Balaban J connectivity index is 3.60. The minimum absolute atomic E-state index is 0.577. The van der Waals surface area contributed by atoms with Crippen LogP contribution in [0, 0.1) is 5.82 Å². The van der Waals surface area contributed by atoms with E-state index in [1.54, 1.807) is 0 Å². The fraction of sp³-hybridized carbons (Fsp3) is 0. The first-order valence-electron chi connectivity index (χ1n) is 4.19. The molecule has 0 bridgehead atoms. The van der Waals surface area contributed by atoms with Crippen LogP contribution in [0.25, 0.3) is 0 Å². The molecule has 0 amide bonds. The molecule has 0 atom stereocenters. The van der Waals surface area contributed by atoms with Crippen LogP contribution < -0.4 is 0 Å². The van der Waals surface area contributed by atoms with E-state index in [0.29, 0.717) is 0 Å². The Morgan fingerprint density at radius 1 is 1.29 bits per heavy atom. The molecule has 36 valence electrons. The zero-order valence-corrected chi connectivity index (χ0v) is 3.38. The predicted molar refractivity (Wildman–Crippen MR) is 26.4 cm³/mol. The maximum absolute atomic E-state index is 12.7. The third kappa shape index (κ3) is 1.000. The van der Waals surface area contributed by atoms with Gasteiger partial charge in [-0.25, -0.2) is 4.39 Å². The van der Waals surface area contributed by atoms with Gasteiger partial charge in [0.05, 0.1) is 6.85 Å². The van der Waals surface area contributed by atoms with Gasteiger partial charge in [-0.05, 0) is 12.1 Å². The molecule has 1 rings (SSSR count). The van der Waals surface area contributed by atoms with Crippen LogP contribution in [0.2, 0.25) is 0 Å². The summed E-state index contributed by atoms with van der Waals surface area (Å²) in [7, 11) is 0. The van der Waals surface area contributed by atoms with Crippen LogP contribution in [-0.4, -0.2) is 0 Å². The highest BCUT2D eigenvalue weighted by molar-refractivity contribution is 5.02. The van der Waals surface area contributed by atoms with Crippen LogP contribution in [0.3, 0.4) is 0 Å². The molecular formula is C6H5F. The molecule has 0 heterocycles. The second kappa shape index (κ2) is 1.73. The van der Waals surface area contributed by atoms with Crippen molar-refractivity contribution in [3.8, 4) is 0 Å². The van der Waals surface area contributed by atoms with Crippen molar-refractivity contribution >= 4 is 0 Å². The van der Waals surface area contributed by atoms with Crippen LogP contribution in [-0.2, 0) is 0 Å². The Bertz CT molecular complexity index is 230. The number of hydrogen-bond acceptors (Lipinski definition) is 0. The van der Waals surface area contributed by atoms with Crippen LogP contribution in [0.4, 0.5) is 4.39 Å². The Morgan fingerprint density at radius 2 is 1.86 bits per heavy atom. The molecule has 0 spiro atoms. The highest BCUT2D eigenvalue weighted by Gasteiger charge is 1.77. The van der Waals surface area contributed by atoms with E-state index in [1.807, 2.05) is 0 Å². The first-order chi connectivity index (χ1) is 5.46. The molecule has 1 heteroatoms. The van der Waals surface area contributed by atoms with Gasteiger partial charge in [-0.3, -0.25) is 0 Å². The molecule has 7 heavy (non-hydrogen) atoms. The zero-order chi connectivity index (χ0) is 9.46. The second-order valence-electron chi connectivity index (χ2n) is 0.939. The lowest BCUT2D eigenvalue weighted by Gasteiger charge is -1.78. The van der Waals surface area contributed by atoms with E-state index < -0.39 is 36.0 Å². The molecular weight excluding hydrogens is 91.1 g/mol. The minimum Gasteiger partial charge on any atom is -0.207 e. The van der Waals surface area contributed by atoms with E-state index in [1.165, 1.54) is 0 Å². The largest absolute Gasteiger partial charge is 0.207 e. The lowest BCUT2D eigenvalue weighted by atomic mass is 10.4. The minimum atomic E-state index is -1.21. The summed E-state index contributed by atoms with van der Waals surface area (Å²) in [4.78, 5) is 0. The van der Waals surface area contributed by atoms with Gasteiger partial charge in [0, 0.05) is 0 Å². The van der Waals surface area contributed by atoms with Crippen LogP contribution >= 0.6 is 0 Å². The van der Waals surface area contributed by atoms with Gasteiger partial charge in [-0.1, -0.05) is 18.1 Å². The van der Waals surface area contributed by atoms with E-state index >= 15 is 0 Å². The molecule has 0 fully saturated rings. The predicted octanol–water partition coefficient (Wildman–Crippen LogP) is 1.83.